The summed E-state index contributed by atoms with van der Waals surface area (Å²) >= 11 is 0. The number of carbonyl (C=O) groups excluding carboxylic acids is 1. The Balaban J connectivity index is 1.80. The summed E-state index contributed by atoms with van der Waals surface area (Å²) < 4.78 is 4.93. The Morgan fingerprint density at radius 1 is 1.33 bits per heavy atom. The van der Waals surface area contributed by atoms with Gasteiger partial charge in [-0.15, -0.1) is 0 Å². The number of hydrogen-bond donors (Lipinski definition) is 2. The zero-order valence-corrected chi connectivity index (χ0v) is 10.7. The van der Waals surface area contributed by atoms with Crippen LogP contribution < -0.4 is 10.6 Å². The average Bonchev–Trinajstić information content (AvgIpc) is 3.17. The van der Waals surface area contributed by atoms with Gasteiger partial charge in [0, 0.05) is 20.3 Å². The first-order valence-corrected chi connectivity index (χ1v) is 6.37. The van der Waals surface area contributed by atoms with Crippen molar-refractivity contribution in [1.29, 1.82) is 0 Å². The molecule has 4 nitrogen and oxygen atoms in total. The van der Waals surface area contributed by atoms with Crippen LogP contribution in [-0.2, 0) is 10.3 Å². The zero-order valence-electron chi connectivity index (χ0n) is 10.7. The molecule has 1 aromatic rings. The Morgan fingerprint density at radius 2 is 2.06 bits per heavy atom. The van der Waals surface area contributed by atoms with Crippen molar-refractivity contribution in [3.05, 3.63) is 35.9 Å². The molecular formula is C14H20N2O2. The van der Waals surface area contributed by atoms with Crippen LogP contribution >= 0.6 is 0 Å². The fourth-order valence-electron chi connectivity index (χ4n) is 2.05. The van der Waals surface area contributed by atoms with E-state index in [9.17, 15) is 4.79 Å². The zero-order chi connectivity index (χ0) is 12.8. The molecule has 2 amide bonds. The monoisotopic (exact) mass is 248 g/mol. The lowest BCUT2D eigenvalue weighted by Gasteiger charge is -2.18. The highest BCUT2D eigenvalue weighted by Gasteiger charge is 2.45. The van der Waals surface area contributed by atoms with Gasteiger partial charge in [0.05, 0.1) is 5.54 Å². The summed E-state index contributed by atoms with van der Waals surface area (Å²) in [4.78, 5) is 11.8. The molecule has 0 atom stereocenters. The van der Waals surface area contributed by atoms with E-state index in [0.717, 1.165) is 19.3 Å². The molecule has 2 N–H and O–H groups in total. The van der Waals surface area contributed by atoms with E-state index in [0.29, 0.717) is 13.2 Å². The number of rotatable bonds is 6. The van der Waals surface area contributed by atoms with E-state index in [2.05, 4.69) is 22.8 Å². The molecule has 0 aromatic heterocycles. The van der Waals surface area contributed by atoms with Crippen LogP contribution in [-0.4, -0.2) is 26.3 Å². The van der Waals surface area contributed by atoms with Crippen molar-refractivity contribution in [2.75, 3.05) is 20.3 Å². The maximum atomic E-state index is 11.8. The second kappa shape index (κ2) is 5.87. The number of methoxy groups -OCH3 is 1. The maximum absolute atomic E-state index is 11.8. The minimum absolute atomic E-state index is 0.0903. The fourth-order valence-corrected chi connectivity index (χ4v) is 2.05. The van der Waals surface area contributed by atoms with Gasteiger partial charge < -0.3 is 15.4 Å². The van der Waals surface area contributed by atoms with E-state index in [1.54, 1.807) is 7.11 Å². The highest BCUT2D eigenvalue weighted by molar-refractivity contribution is 5.75. The first-order chi connectivity index (χ1) is 8.77. The van der Waals surface area contributed by atoms with Gasteiger partial charge in [0.15, 0.2) is 0 Å². The van der Waals surface area contributed by atoms with Gasteiger partial charge in [0.2, 0.25) is 0 Å². The van der Waals surface area contributed by atoms with Crippen LogP contribution in [0.25, 0.3) is 0 Å². The normalized spacial score (nSPS) is 16.1. The lowest BCUT2D eigenvalue weighted by molar-refractivity contribution is 0.193. The van der Waals surface area contributed by atoms with Crippen molar-refractivity contribution in [3.8, 4) is 0 Å². The summed E-state index contributed by atoms with van der Waals surface area (Å²) in [5.74, 6) is 0. The molecule has 0 spiro atoms. The molecule has 1 aliphatic carbocycles. The molecule has 18 heavy (non-hydrogen) atoms. The van der Waals surface area contributed by atoms with E-state index < -0.39 is 0 Å². The van der Waals surface area contributed by atoms with Crippen LogP contribution in [0.4, 0.5) is 4.79 Å². The van der Waals surface area contributed by atoms with Crippen LogP contribution in [0, 0.1) is 0 Å². The Kier molecular flexibility index (Phi) is 4.20. The average molecular weight is 248 g/mol. The molecule has 0 unspecified atom stereocenters. The van der Waals surface area contributed by atoms with E-state index in [1.165, 1.54) is 5.56 Å². The van der Waals surface area contributed by atoms with E-state index in [-0.39, 0.29) is 11.6 Å². The first kappa shape index (κ1) is 12.9. The van der Waals surface area contributed by atoms with Crippen molar-refractivity contribution in [3.63, 3.8) is 0 Å². The largest absolute Gasteiger partial charge is 0.385 e. The molecule has 0 heterocycles. The van der Waals surface area contributed by atoms with E-state index in [1.807, 2.05) is 18.2 Å². The van der Waals surface area contributed by atoms with Crippen LogP contribution in [0.5, 0.6) is 0 Å². The van der Waals surface area contributed by atoms with Crippen LogP contribution in [0.1, 0.15) is 24.8 Å². The molecule has 1 aliphatic rings. The highest BCUT2D eigenvalue weighted by Crippen LogP contribution is 2.45. The Labute approximate surface area is 108 Å². The Hall–Kier alpha value is -1.55. The fraction of sp³-hybridized carbons (Fsp3) is 0.500. The molecule has 0 bridgehead atoms. The summed E-state index contributed by atoms with van der Waals surface area (Å²) in [6, 6.07) is 10.1. The van der Waals surface area contributed by atoms with Gasteiger partial charge in [-0.25, -0.2) is 4.79 Å². The maximum Gasteiger partial charge on any atom is 0.315 e. The van der Waals surface area contributed by atoms with Crippen molar-refractivity contribution >= 4 is 6.03 Å². The van der Waals surface area contributed by atoms with Crippen molar-refractivity contribution in [1.82, 2.24) is 10.6 Å². The predicted molar refractivity (Wildman–Crippen MR) is 70.4 cm³/mol. The second-order valence-electron chi connectivity index (χ2n) is 4.68. The van der Waals surface area contributed by atoms with Crippen molar-refractivity contribution in [2.24, 2.45) is 0 Å². The van der Waals surface area contributed by atoms with Gasteiger partial charge >= 0.3 is 6.03 Å². The topological polar surface area (TPSA) is 50.4 Å². The van der Waals surface area contributed by atoms with Gasteiger partial charge in [-0.1, -0.05) is 30.3 Å². The molecule has 1 fully saturated rings. The third kappa shape index (κ3) is 3.23. The standard InChI is InChI=1S/C14H20N2O2/c1-18-11-5-10-15-13(17)16-14(8-9-14)12-6-3-2-4-7-12/h2-4,6-7H,5,8-11H2,1H3,(H2,15,16,17). The number of ether oxygens (including phenoxy) is 1. The molecule has 98 valence electrons. The number of carbonyl (C=O) groups is 1. The summed E-state index contributed by atoms with van der Waals surface area (Å²) in [6.07, 6.45) is 2.87. The lowest BCUT2D eigenvalue weighted by atomic mass is 10.1. The third-order valence-corrected chi connectivity index (χ3v) is 3.24. The molecule has 4 heteroatoms. The number of nitrogens with one attached hydrogen (secondary N) is 2. The lowest BCUT2D eigenvalue weighted by Crippen LogP contribution is -2.42. The van der Waals surface area contributed by atoms with Crippen molar-refractivity contribution in [2.45, 2.75) is 24.8 Å². The van der Waals surface area contributed by atoms with Crippen LogP contribution in [0.3, 0.4) is 0 Å². The van der Waals surface area contributed by atoms with Gasteiger partial charge in [0.25, 0.3) is 0 Å². The molecule has 0 aliphatic heterocycles. The minimum Gasteiger partial charge on any atom is -0.385 e. The smallest absolute Gasteiger partial charge is 0.315 e. The quantitative estimate of drug-likeness (QED) is 0.757. The number of amides is 2. The molecular weight excluding hydrogens is 228 g/mol. The van der Waals surface area contributed by atoms with Crippen molar-refractivity contribution < 1.29 is 9.53 Å². The third-order valence-electron chi connectivity index (χ3n) is 3.24. The molecule has 0 radical (unpaired) electrons. The molecule has 2 rings (SSSR count). The summed E-state index contributed by atoms with van der Waals surface area (Å²) in [7, 11) is 1.66. The SMILES string of the molecule is COCCCNC(=O)NC1(c2ccccc2)CC1. The Morgan fingerprint density at radius 3 is 2.67 bits per heavy atom. The summed E-state index contributed by atoms with van der Waals surface area (Å²) in [5, 5.41) is 5.92. The molecule has 0 saturated heterocycles. The Bertz CT molecular complexity index is 388. The summed E-state index contributed by atoms with van der Waals surface area (Å²) in [5.41, 5.74) is 1.06. The molecule has 1 aromatic carbocycles. The van der Waals surface area contributed by atoms with Crippen LogP contribution in [0.2, 0.25) is 0 Å². The predicted octanol–water partition coefficient (Wildman–Crippen LogP) is 2.01. The first-order valence-electron chi connectivity index (χ1n) is 6.37. The van der Waals surface area contributed by atoms with E-state index in [4.69, 9.17) is 4.74 Å². The van der Waals surface area contributed by atoms with Gasteiger partial charge in [-0.3, -0.25) is 0 Å². The summed E-state index contributed by atoms with van der Waals surface area (Å²) in [6.45, 7) is 1.31. The van der Waals surface area contributed by atoms with Gasteiger partial charge in [-0.05, 0) is 24.8 Å². The number of urea groups is 1. The van der Waals surface area contributed by atoms with E-state index >= 15 is 0 Å². The van der Waals surface area contributed by atoms with Crippen LogP contribution in [0.15, 0.2) is 30.3 Å². The van der Waals surface area contributed by atoms with Gasteiger partial charge in [0.1, 0.15) is 0 Å². The number of benzene rings is 1. The van der Waals surface area contributed by atoms with Gasteiger partial charge in [-0.2, -0.15) is 0 Å². The number of hydrogen-bond acceptors (Lipinski definition) is 2. The second-order valence-corrected chi connectivity index (χ2v) is 4.68. The minimum atomic E-state index is -0.132. The molecule has 1 saturated carbocycles. The highest BCUT2D eigenvalue weighted by atomic mass is 16.5.